The first-order valence-electron chi connectivity index (χ1n) is 8.89. The van der Waals surface area contributed by atoms with E-state index in [1.54, 1.807) is 19.2 Å². The SMILES string of the molecule is COCc1ccc(C(=O)N2CCC[C@@H](c3nnc(CN(C)C)n3C)C2)o1. The summed E-state index contributed by atoms with van der Waals surface area (Å²) in [5.41, 5.74) is 0. The fourth-order valence-electron chi connectivity index (χ4n) is 3.39. The molecule has 0 N–H and O–H groups in total. The summed E-state index contributed by atoms with van der Waals surface area (Å²) >= 11 is 0. The number of carbonyl (C=O) groups excluding carboxylic acids is 1. The van der Waals surface area contributed by atoms with Gasteiger partial charge in [-0.15, -0.1) is 10.2 Å². The Labute approximate surface area is 153 Å². The highest BCUT2D eigenvalue weighted by Crippen LogP contribution is 2.27. The average Bonchev–Trinajstić information content (AvgIpc) is 3.22. The van der Waals surface area contributed by atoms with Crippen LogP contribution in [-0.4, -0.2) is 64.8 Å². The van der Waals surface area contributed by atoms with Gasteiger partial charge in [0.25, 0.3) is 5.91 Å². The van der Waals surface area contributed by atoms with Gasteiger partial charge in [-0.3, -0.25) is 4.79 Å². The fourth-order valence-corrected chi connectivity index (χ4v) is 3.39. The number of aromatic nitrogens is 3. The molecule has 8 heteroatoms. The molecule has 0 bridgehead atoms. The van der Waals surface area contributed by atoms with Crippen LogP contribution in [0.15, 0.2) is 16.5 Å². The molecule has 2 aromatic heterocycles. The smallest absolute Gasteiger partial charge is 0.289 e. The minimum Gasteiger partial charge on any atom is -0.453 e. The van der Waals surface area contributed by atoms with E-state index in [9.17, 15) is 4.79 Å². The number of piperidine rings is 1. The van der Waals surface area contributed by atoms with Crippen molar-refractivity contribution in [1.29, 1.82) is 0 Å². The lowest BCUT2D eigenvalue weighted by Crippen LogP contribution is -2.39. The van der Waals surface area contributed by atoms with E-state index < -0.39 is 0 Å². The molecule has 0 aromatic carbocycles. The van der Waals surface area contributed by atoms with Crippen molar-refractivity contribution in [3.63, 3.8) is 0 Å². The molecule has 3 rings (SSSR count). The topological polar surface area (TPSA) is 76.6 Å². The summed E-state index contributed by atoms with van der Waals surface area (Å²) in [6.45, 7) is 2.47. The number of ether oxygens (including phenoxy) is 1. The van der Waals surface area contributed by atoms with Gasteiger partial charge in [-0.1, -0.05) is 0 Å². The number of carbonyl (C=O) groups is 1. The van der Waals surface area contributed by atoms with Gasteiger partial charge >= 0.3 is 0 Å². The van der Waals surface area contributed by atoms with E-state index in [4.69, 9.17) is 9.15 Å². The highest BCUT2D eigenvalue weighted by molar-refractivity contribution is 5.91. The Kier molecular flexibility index (Phi) is 5.73. The third kappa shape index (κ3) is 3.96. The molecule has 0 spiro atoms. The lowest BCUT2D eigenvalue weighted by molar-refractivity contribution is 0.0664. The molecule has 1 amide bonds. The maximum atomic E-state index is 12.8. The fraction of sp³-hybridized carbons (Fsp3) is 0.611. The van der Waals surface area contributed by atoms with Crippen molar-refractivity contribution >= 4 is 5.91 Å². The van der Waals surface area contributed by atoms with Crippen molar-refractivity contribution in [2.75, 3.05) is 34.3 Å². The normalized spacial score (nSPS) is 17.9. The summed E-state index contributed by atoms with van der Waals surface area (Å²) in [4.78, 5) is 16.7. The number of hydrogen-bond donors (Lipinski definition) is 0. The molecule has 0 aliphatic carbocycles. The standard InChI is InChI=1S/C18H27N5O3/c1-21(2)11-16-19-20-17(22(16)3)13-6-5-9-23(10-13)18(24)15-8-7-14(26-15)12-25-4/h7-8,13H,5-6,9-12H2,1-4H3/t13-/m1/s1. The van der Waals surface area contributed by atoms with Gasteiger partial charge in [-0.2, -0.15) is 0 Å². The van der Waals surface area contributed by atoms with Crippen molar-refractivity contribution in [3.8, 4) is 0 Å². The summed E-state index contributed by atoms with van der Waals surface area (Å²) in [5, 5.41) is 8.71. The van der Waals surface area contributed by atoms with Crippen molar-refractivity contribution in [2.24, 2.45) is 7.05 Å². The van der Waals surface area contributed by atoms with E-state index >= 15 is 0 Å². The zero-order valence-electron chi connectivity index (χ0n) is 15.9. The van der Waals surface area contributed by atoms with E-state index in [1.807, 2.05) is 26.0 Å². The number of methoxy groups -OCH3 is 1. The summed E-state index contributed by atoms with van der Waals surface area (Å²) in [7, 11) is 7.62. The Balaban J connectivity index is 1.70. The number of nitrogens with zero attached hydrogens (tertiary/aromatic N) is 5. The van der Waals surface area contributed by atoms with E-state index in [0.29, 0.717) is 24.7 Å². The van der Waals surface area contributed by atoms with Gasteiger partial charge in [0.05, 0.1) is 6.54 Å². The zero-order valence-corrected chi connectivity index (χ0v) is 15.9. The van der Waals surface area contributed by atoms with Gasteiger partial charge in [0.15, 0.2) is 5.76 Å². The van der Waals surface area contributed by atoms with E-state index in [0.717, 1.165) is 37.6 Å². The number of hydrogen-bond acceptors (Lipinski definition) is 6. The summed E-state index contributed by atoms with van der Waals surface area (Å²) < 4.78 is 12.7. The molecule has 0 unspecified atom stereocenters. The molecule has 26 heavy (non-hydrogen) atoms. The maximum absolute atomic E-state index is 12.8. The van der Waals surface area contributed by atoms with Gasteiger partial charge in [0, 0.05) is 33.2 Å². The van der Waals surface area contributed by atoms with Crippen molar-refractivity contribution < 1.29 is 13.9 Å². The third-order valence-corrected chi connectivity index (χ3v) is 4.69. The second-order valence-electron chi connectivity index (χ2n) is 7.06. The van der Waals surface area contributed by atoms with Gasteiger partial charge < -0.3 is 23.5 Å². The molecule has 1 fully saturated rings. The lowest BCUT2D eigenvalue weighted by Gasteiger charge is -2.31. The van der Waals surface area contributed by atoms with Crippen LogP contribution in [0.25, 0.3) is 0 Å². The Hall–Kier alpha value is -2.19. The second-order valence-corrected chi connectivity index (χ2v) is 7.06. The molecule has 3 heterocycles. The molecular formula is C18H27N5O3. The Morgan fingerprint density at radius 3 is 2.92 bits per heavy atom. The molecule has 1 atom stereocenters. The van der Waals surface area contributed by atoms with Gasteiger partial charge in [0.1, 0.15) is 24.0 Å². The van der Waals surface area contributed by atoms with Crippen LogP contribution >= 0.6 is 0 Å². The first-order chi connectivity index (χ1) is 12.5. The average molecular weight is 361 g/mol. The van der Waals surface area contributed by atoms with Crippen LogP contribution in [-0.2, 0) is 24.9 Å². The predicted molar refractivity (Wildman–Crippen MR) is 95.7 cm³/mol. The maximum Gasteiger partial charge on any atom is 0.289 e. The van der Waals surface area contributed by atoms with Gasteiger partial charge in [-0.05, 0) is 39.1 Å². The largest absolute Gasteiger partial charge is 0.453 e. The minimum atomic E-state index is -0.0762. The summed E-state index contributed by atoms with van der Waals surface area (Å²) in [5.74, 6) is 3.01. The van der Waals surface area contributed by atoms with E-state index in [1.165, 1.54) is 0 Å². The highest BCUT2D eigenvalue weighted by atomic mass is 16.5. The predicted octanol–water partition coefficient (Wildman–Crippen LogP) is 1.64. The Bertz CT molecular complexity index is 752. The van der Waals surface area contributed by atoms with Crippen LogP contribution in [0.4, 0.5) is 0 Å². The second kappa shape index (κ2) is 8.01. The van der Waals surface area contributed by atoms with Crippen LogP contribution in [0.3, 0.4) is 0 Å². The third-order valence-electron chi connectivity index (χ3n) is 4.69. The molecule has 0 saturated carbocycles. The molecule has 0 radical (unpaired) electrons. The molecule has 142 valence electrons. The summed E-state index contributed by atoms with van der Waals surface area (Å²) in [6.07, 6.45) is 1.95. The Morgan fingerprint density at radius 1 is 1.38 bits per heavy atom. The van der Waals surface area contributed by atoms with Crippen LogP contribution in [0.2, 0.25) is 0 Å². The first kappa shape index (κ1) is 18.6. The number of likely N-dealkylation sites (tertiary alicyclic amines) is 1. The minimum absolute atomic E-state index is 0.0762. The molecule has 1 aliphatic heterocycles. The van der Waals surface area contributed by atoms with Crippen LogP contribution in [0, 0.1) is 0 Å². The Morgan fingerprint density at radius 2 is 2.19 bits per heavy atom. The van der Waals surface area contributed by atoms with E-state index in [-0.39, 0.29) is 11.8 Å². The lowest BCUT2D eigenvalue weighted by atomic mass is 9.97. The molecule has 8 nitrogen and oxygen atoms in total. The van der Waals surface area contributed by atoms with Crippen molar-refractivity contribution in [2.45, 2.75) is 31.9 Å². The van der Waals surface area contributed by atoms with Crippen molar-refractivity contribution in [3.05, 3.63) is 35.3 Å². The molecular weight excluding hydrogens is 334 g/mol. The molecule has 1 aliphatic rings. The van der Waals surface area contributed by atoms with E-state index in [2.05, 4.69) is 19.7 Å². The quantitative estimate of drug-likeness (QED) is 0.778. The first-order valence-corrected chi connectivity index (χ1v) is 8.89. The van der Waals surface area contributed by atoms with Crippen LogP contribution in [0.5, 0.6) is 0 Å². The van der Waals surface area contributed by atoms with Crippen LogP contribution < -0.4 is 0 Å². The van der Waals surface area contributed by atoms with Crippen molar-refractivity contribution in [1.82, 2.24) is 24.6 Å². The number of amides is 1. The molecule has 2 aromatic rings. The molecule has 1 saturated heterocycles. The summed E-state index contributed by atoms with van der Waals surface area (Å²) in [6, 6.07) is 3.51. The monoisotopic (exact) mass is 361 g/mol. The number of rotatable bonds is 6. The van der Waals surface area contributed by atoms with Gasteiger partial charge in [0.2, 0.25) is 0 Å². The zero-order chi connectivity index (χ0) is 18.7. The highest BCUT2D eigenvalue weighted by Gasteiger charge is 2.30. The number of furan rings is 1. The van der Waals surface area contributed by atoms with Crippen LogP contribution in [0.1, 0.15) is 46.7 Å². The van der Waals surface area contributed by atoms with Gasteiger partial charge in [-0.25, -0.2) is 0 Å².